The number of rotatable bonds is 12. The van der Waals surface area contributed by atoms with Gasteiger partial charge >= 0.3 is 0 Å². The third-order valence-electron chi connectivity index (χ3n) is 4.33. The standard InChI is InChI=1S/C16H31NO4/c1-18-9-10-20-12-11-19-8-6-16(5-2-7-21-14-16)13-17-15-3-4-15/h15,17H,2-14H2,1H3. The Kier molecular flexibility index (Phi) is 7.96. The van der Waals surface area contributed by atoms with Crippen molar-refractivity contribution in [3.63, 3.8) is 0 Å². The molecule has 1 heterocycles. The third kappa shape index (κ3) is 7.06. The molecule has 2 rings (SSSR count). The summed E-state index contributed by atoms with van der Waals surface area (Å²) in [7, 11) is 1.68. The second-order valence-electron chi connectivity index (χ2n) is 6.28. The van der Waals surface area contributed by atoms with E-state index in [0.717, 1.165) is 38.8 Å². The number of hydrogen-bond acceptors (Lipinski definition) is 5. The molecule has 1 N–H and O–H groups in total. The Morgan fingerprint density at radius 2 is 1.86 bits per heavy atom. The number of hydrogen-bond donors (Lipinski definition) is 1. The van der Waals surface area contributed by atoms with Crippen LogP contribution in [0.25, 0.3) is 0 Å². The molecule has 0 radical (unpaired) electrons. The van der Waals surface area contributed by atoms with Crippen LogP contribution in [-0.4, -0.2) is 65.9 Å². The van der Waals surface area contributed by atoms with Crippen LogP contribution in [0.4, 0.5) is 0 Å². The Labute approximate surface area is 128 Å². The van der Waals surface area contributed by atoms with E-state index < -0.39 is 0 Å². The Bertz CT molecular complexity index is 265. The normalized spacial score (nSPS) is 26.1. The lowest BCUT2D eigenvalue weighted by atomic mass is 9.79. The van der Waals surface area contributed by atoms with E-state index in [1.54, 1.807) is 7.11 Å². The molecule has 1 aliphatic carbocycles. The van der Waals surface area contributed by atoms with Crippen molar-refractivity contribution in [3.8, 4) is 0 Å². The second kappa shape index (κ2) is 9.74. The lowest BCUT2D eigenvalue weighted by Crippen LogP contribution is -2.42. The summed E-state index contributed by atoms with van der Waals surface area (Å²) in [6.45, 7) is 6.26. The highest BCUT2D eigenvalue weighted by atomic mass is 16.5. The first kappa shape index (κ1) is 17.2. The fraction of sp³-hybridized carbons (Fsp3) is 1.00. The van der Waals surface area contributed by atoms with Crippen LogP contribution in [0.5, 0.6) is 0 Å². The molecule has 21 heavy (non-hydrogen) atoms. The van der Waals surface area contributed by atoms with Gasteiger partial charge in [0, 0.05) is 38.3 Å². The van der Waals surface area contributed by atoms with E-state index in [2.05, 4.69) is 5.32 Å². The highest BCUT2D eigenvalue weighted by molar-refractivity contribution is 4.89. The van der Waals surface area contributed by atoms with Gasteiger partial charge in [-0.1, -0.05) is 0 Å². The van der Waals surface area contributed by atoms with Gasteiger partial charge < -0.3 is 24.3 Å². The summed E-state index contributed by atoms with van der Waals surface area (Å²) >= 11 is 0. The van der Waals surface area contributed by atoms with Crippen molar-refractivity contribution in [3.05, 3.63) is 0 Å². The van der Waals surface area contributed by atoms with Crippen molar-refractivity contribution in [2.75, 3.05) is 59.9 Å². The van der Waals surface area contributed by atoms with Gasteiger partial charge in [-0.05, 0) is 32.1 Å². The fourth-order valence-corrected chi connectivity index (χ4v) is 2.74. The zero-order valence-electron chi connectivity index (χ0n) is 13.4. The molecule has 5 nitrogen and oxygen atoms in total. The van der Waals surface area contributed by atoms with E-state index in [-0.39, 0.29) is 5.41 Å². The van der Waals surface area contributed by atoms with Gasteiger partial charge in [-0.15, -0.1) is 0 Å². The average molecular weight is 301 g/mol. The van der Waals surface area contributed by atoms with Gasteiger partial charge in [0.25, 0.3) is 0 Å². The molecular formula is C16H31NO4. The molecule has 1 aliphatic heterocycles. The molecule has 2 aliphatic rings. The molecule has 2 fully saturated rings. The van der Waals surface area contributed by atoms with Crippen LogP contribution in [0, 0.1) is 5.41 Å². The smallest absolute Gasteiger partial charge is 0.0701 e. The monoisotopic (exact) mass is 301 g/mol. The van der Waals surface area contributed by atoms with Gasteiger partial charge in [0.05, 0.1) is 33.0 Å². The van der Waals surface area contributed by atoms with Crippen LogP contribution in [0.15, 0.2) is 0 Å². The third-order valence-corrected chi connectivity index (χ3v) is 4.33. The molecule has 124 valence electrons. The maximum absolute atomic E-state index is 5.73. The Hall–Kier alpha value is -0.200. The van der Waals surface area contributed by atoms with E-state index in [4.69, 9.17) is 18.9 Å². The van der Waals surface area contributed by atoms with Crippen LogP contribution in [0.3, 0.4) is 0 Å². The second-order valence-corrected chi connectivity index (χ2v) is 6.28. The minimum absolute atomic E-state index is 0.276. The molecule has 0 bridgehead atoms. The minimum Gasteiger partial charge on any atom is -0.382 e. The maximum Gasteiger partial charge on any atom is 0.0701 e. The topological polar surface area (TPSA) is 49.0 Å². The number of methoxy groups -OCH3 is 1. The molecule has 0 aromatic rings. The van der Waals surface area contributed by atoms with E-state index in [1.807, 2.05) is 0 Å². The summed E-state index contributed by atoms with van der Waals surface area (Å²) in [5, 5.41) is 3.67. The van der Waals surface area contributed by atoms with E-state index in [0.29, 0.717) is 26.4 Å². The van der Waals surface area contributed by atoms with Gasteiger partial charge in [0.1, 0.15) is 0 Å². The molecule has 0 amide bonds. The lowest BCUT2D eigenvalue weighted by molar-refractivity contribution is -0.0337. The van der Waals surface area contributed by atoms with E-state index in [9.17, 15) is 0 Å². The van der Waals surface area contributed by atoms with E-state index in [1.165, 1.54) is 25.7 Å². The van der Waals surface area contributed by atoms with Crippen LogP contribution in [0.2, 0.25) is 0 Å². The number of ether oxygens (including phenoxy) is 4. The van der Waals surface area contributed by atoms with Gasteiger partial charge in [0.2, 0.25) is 0 Å². The largest absolute Gasteiger partial charge is 0.382 e. The highest BCUT2D eigenvalue weighted by Crippen LogP contribution is 2.33. The predicted octanol–water partition coefficient (Wildman–Crippen LogP) is 1.60. The summed E-state index contributed by atoms with van der Waals surface area (Å²) < 4.78 is 21.8. The summed E-state index contributed by atoms with van der Waals surface area (Å²) in [5.74, 6) is 0. The van der Waals surface area contributed by atoms with Crippen molar-refractivity contribution in [2.24, 2.45) is 5.41 Å². The maximum atomic E-state index is 5.73. The number of nitrogens with one attached hydrogen (secondary N) is 1. The predicted molar refractivity (Wildman–Crippen MR) is 81.6 cm³/mol. The first-order valence-corrected chi connectivity index (χ1v) is 8.30. The van der Waals surface area contributed by atoms with Crippen molar-refractivity contribution in [1.82, 2.24) is 5.32 Å². The summed E-state index contributed by atoms with van der Waals surface area (Å²) in [6.07, 6.45) is 6.18. The van der Waals surface area contributed by atoms with Gasteiger partial charge in [-0.3, -0.25) is 0 Å². The molecule has 0 spiro atoms. The van der Waals surface area contributed by atoms with Gasteiger partial charge in [-0.25, -0.2) is 0 Å². The molecule has 5 heteroatoms. The quantitative estimate of drug-likeness (QED) is 0.555. The zero-order chi connectivity index (χ0) is 14.8. The van der Waals surface area contributed by atoms with Crippen LogP contribution in [-0.2, 0) is 18.9 Å². The SMILES string of the molecule is COCCOCCOCCC1(CNC2CC2)CCCOC1. The Morgan fingerprint density at radius 1 is 1.10 bits per heavy atom. The lowest BCUT2D eigenvalue weighted by Gasteiger charge is -2.37. The van der Waals surface area contributed by atoms with Crippen LogP contribution >= 0.6 is 0 Å². The fourth-order valence-electron chi connectivity index (χ4n) is 2.74. The van der Waals surface area contributed by atoms with Crippen molar-refractivity contribution in [2.45, 2.75) is 38.1 Å². The van der Waals surface area contributed by atoms with E-state index >= 15 is 0 Å². The zero-order valence-corrected chi connectivity index (χ0v) is 13.4. The van der Waals surface area contributed by atoms with Crippen molar-refractivity contribution >= 4 is 0 Å². The minimum atomic E-state index is 0.276. The Morgan fingerprint density at radius 3 is 2.52 bits per heavy atom. The molecular weight excluding hydrogens is 270 g/mol. The van der Waals surface area contributed by atoms with Gasteiger partial charge in [0.15, 0.2) is 0 Å². The average Bonchev–Trinajstić information content (AvgIpc) is 3.33. The highest BCUT2D eigenvalue weighted by Gasteiger charge is 2.34. The molecule has 1 saturated heterocycles. The first-order chi connectivity index (χ1) is 10.3. The molecule has 1 atom stereocenters. The Balaban J connectivity index is 1.55. The van der Waals surface area contributed by atoms with Crippen LogP contribution in [0.1, 0.15) is 32.1 Å². The summed E-state index contributed by atoms with van der Waals surface area (Å²) in [6, 6.07) is 0.763. The molecule has 0 aromatic carbocycles. The summed E-state index contributed by atoms with van der Waals surface area (Å²) in [4.78, 5) is 0. The molecule has 1 unspecified atom stereocenters. The van der Waals surface area contributed by atoms with Crippen molar-refractivity contribution < 1.29 is 18.9 Å². The van der Waals surface area contributed by atoms with Crippen molar-refractivity contribution in [1.29, 1.82) is 0 Å². The van der Waals surface area contributed by atoms with Crippen LogP contribution < -0.4 is 5.32 Å². The molecule has 1 saturated carbocycles. The summed E-state index contributed by atoms with van der Waals surface area (Å²) in [5.41, 5.74) is 0.276. The first-order valence-electron chi connectivity index (χ1n) is 8.30. The van der Waals surface area contributed by atoms with Gasteiger partial charge in [-0.2, -0.15) is 0 Å². The molecule has 0 aromatic heterocycles.